The van der Waals surface area contributed by atoms with E-state index >= 15 is 0 Å². The monoisotopic (exact) mass is 1800 g/mol. The first kappa shape index (κ1) is 91.0. The molecule has 0 unspecified atom stereocenters. The molecule has 2 amide bonds. The van der Waals surface area contributed by atoms with E-state index in [-0.39, 0.29) is 35.6 Å². The molecule has 44 nitrogen and oxygen atoms in total. The molecular weight excluding hydrogens is 1690 g/mol. The number of rotatable bonds is 24. The summed E-state index contributed by atoms with van der Waals surface area (Å²) in [5.41, 5.74) is 33.4. The molecule has 0 aliphatic carbocycles. The van der Waals surface area contributed by atoms with Gasteiger partial charge in [0.1, 0.15) is 24.3 Å². The van der Waals surface area contributed by atoms with Gasteiger partial charge < -0.3 is 122 Å². The maximum Gasteiger partial charge on any atom is 0.255 e. The molecule has 7 aliphatic rings. The average Bonchev–Trinajstić information content (AvgIpc) is 1.58. The number of ether oxygens (including phenoxy) is 4. The number of likely N-dealkylation sites (N-methyl/N-ethyl adjacent to an activating group) is 4. The molecule has 19 rings (SSSR count). The fraction of sp³-hybridized carbons (Fsp3) is 0.409. The van der Waals surface area contributed by atoms with Crippen LogP contribution in [0.15, 0.2) is 159 Å². The van der Waals surface area contributed by atoms with Crippen LogP contribution in [0.3, 0.4) is 0 Å². The molecule has 0 radical (unpaired) electrons. The molecule has 694 valence electrons. The van der Waals surface area contributed by atoms with Crippen molar-refractivity contribution in [2.24, 2.45) is 0 Å². The molecule has 44 heteroatoms. The number of nitrogens with two attached hydrogens (primary N) is 4. The molecule has 7 saturated heterocycles. The summed E-state index contributed by atoms with van der Waals surface area (Å²) >= 11 is 0. The number of benzene rings is 4. The Hall–Kier alpha value is -14.3. The van der Waals surface area contributed by atoms with Gasteiger partial charge in [-0.1, -0.05) is 6.92 Å². The van der Waals surface area contributed by atoms with E-state index in [1.165, 1.54) is 31.6 Å². The van der Waals surface area contributed by atoms with Gasteiger partial charge in [-0.25, -0.2) is 29.9 Å². The number of anilines is 18. The minimum absolute atomic E-state index is 0.0124. The number of amides is 2. The number of nitrogens with zero attached hydrogens (tertiary/aromatic N) is 29. The number of carbonyl (C=O) groups excluding carboxylic acids is 2. The Morgan fingerprint density at radius 3 is 1.11 bits per heavy atom. The van der Waals surface area contributed by atoms with Crippen LogP contribution in [-0.2, 0) is 18.9 Å². The second kappa shape index (κ2) is 43.9. The van der Waals surface area contributed by atoms with Crippen LogP contribution in [0.2, 0.25) is 0 Å². The van der Waals surface area contributed by atoms with E-state index in [4.69, 9.17) is 41.9 Å². The van der Waals surface area contributed by atoms with E-state index in [2.05, 4.69) is 210 Å². The Bertz CT molecular complexity index is 5660. The minimum Gasteiger partial charge on any atom is -0.378 e. The van der Waals surface area contributed by atoms with Crippen molar-refractivity contribution in [1.29, 1.82) is 0 Å². The van der Waals surface area contributed by atoms with Crippen LogP contribution >= 0.6 is 0 Å². The molecule has 7 aliphatic heterocycles. The smallest absolute Gasteiger partial charge is 0.255 e. The van der Waals surface area contributed by atoms with Gasteiger partial charge in [0.15, 0.2) is 23.3 Å². The Labute approximate surface area is 765 Å². The summed E-state index contributed by atoms with van der Waals surface area (Å²) in [6, 6.07) is 43.3. The zero-order chi connectivity index (χ0) is 91.2. The van der Waals surface area contributed by atoms with Crippen molar-refractivity contribution in [3.05, 3.63) is 170 Å². The van der Waals surface area contributed by atoms with Crippen molar-refractivity contribution in [2.75, 3.05) is 305 Å². The highest BCUT2D eigenvalue weighted by molar-refractivity contribution is 5.94. The van der Waals surface area contributed by atoms with E-state index in [0.29, 0.717) is 64.7 Å². The number of hydrogen-bond donors (Lipinski definition) is 9. The number of nitrogen functional groups attached to an aromatic ring is 4. The summed E-state index contributed by atoms with van der Waals surface area (Å²) in [4.78, 5) is 93.2. The van der Waals surface area contributed by atoms with Crippen molar-refractivity contribution in [2.45, 2.75) is 6.92 Å². The van der Waals surface area contributed by atoms with E-state index in [1.807, 2.05) is 84.6 Å². The topological polar surface area (TPSA) is 471 Å². The van der Waals surface area contributed by atoms with Gasteiger partial charge in [0.05, 0.1) is 64.0 Å². The van der Waals surface area contributed by atoms with Gasteiger partial charge in [0.25, 0.3) is 11.8 Å². The molecule has 15 heterocycles. The Kier molecular flexibility index (Phi) is 30.3. The highest BCUT2D eigenvalue weighted by atomic mass is 16.5. The highest BCUT2D eigenvalue weighted by Gasteiger charge is 2.26. The lowest BCUT2D eigenvalue weighted by Gasteiger charge is -2.34. The van der Waals surface area contributed by atoms with Crippen LogP contribution in [0, 0.1) is 0 Å². The predicted octanol–water partition coefficient (Wildman–Crippen LogP) is 4.66. The fourth-order valence-corrected chi connectivity index (χ4v) is 15.6. The first-order chi connectivity index (χ1) is 64.4. The van der Waals surface area contributed by atoms with Crippen molar-refractivity contribution >= 4 is 117 Å². The molecular formula is C88H116N38O6. The lowest BCUT2D eigenvalue weighted by Crippen LogP contribution is -2.47. The summed E-state index contributed by atoms with van der Waals surface area (Å²) in [5, 5.41) is 33.5. The summed E-state index contributed by atoms with van der Waals surface area (Å²) in [7, 11) is 8.10. The SMILES string of the molecule is CCN1CCN(c2cc(-n3nc(Nc4ccc(N5CCOCC5)cc4)nc3N)ncn2)CC1.CN(C)CCNC(=O)c1ccc(-n2nc(Nc3ccc(N4CCOCC4)cc3)nc2N)nc1.CN1CCN(C(=O)c2ccc(-n3nc(Nc4ccc(N5CCOCC5)cc4)nc3N)nc2)CC1.CN1CCN(c2cc(-n3nc(N)nc3Nc3ccc(N4CCOCC4)cc3)ncn2)CC1. The third-order valence-electron chi connectivity index (χ3n) is 23.3. The highest BCUT2D eigenvalue weighted by Crippen LogP contribution is 2.30. The standard InChI is InChI=1S/C23H29N9O2.C22H30N10O.C22H29N9O2.C21H28N10O/c1-29-8-10-31(11-9-29)21(33)17-2-7-20(25-16-17)32-22(24)27-23(28-32)26-18-3-5-19(6-4-18)30-12-14-34-15-13-30;1-2-29-7-9-31(10-8-29)19-15-20(25-16-24-19)32-21(23)27-22(28-32)26-17-3-5-18(6-4-17)30-11-13-33-14-12-30;1-29(2)10-9-24-20(32)16-3-8-19(25-15-16)31-21(23)27-22(28-31)26-17-4-6-18(7-5-17)30-11-13-33-14-12-30;1-28-6-8-30(9-7-28)18-14-19(24-15-23-18)31-21(26-20(22)27-31)25-16-2-4-17(5-3-16)29-10-12-32-13-11-29/h2-7,16H,8-15H2,1H3,(H3,24,26,27,28);3-6,15-16H,2,7-14H2,1H3,(H3,23,26,27,28);3-8,15H,9-14H2,1-2H3,(H,24,32)(H3,23,26,27,28);2-5,14-15H,6-13H2,1H3,(H3,22,25,26,27). The third-order valence-corrected chi connectivity index (χ3v) is 23.3. The van der Waals surface area contributed by atoms with Crippen molar-refractivity contribution in [1.82, 2.24) is 119 Å². The maximum absolute atomic E-state index is 12.7. The van der Waals surface area contributed by atoms with Gasteiger partial charge in [-0.05, 0) is 156 Å². The van der Waals surface area contributed by atoms with Gasteiger partial charge in [-0.15, -0.1) is 20.4 Å². The summed E-state index contributed by atoms with van der Waals surface area (Å²) in [6.07, 6.45) is 6.17. The molecule has 12 aromatic rings. The van der Waals surface area contributed by atoms with Crippen molar-refractivity contribution < 1.29 is 28.5 Å². The molecule has 4 aromatic carbocycles. The molecule has 13 N–H and O–H groups in total. The lowest BCUT2D eigenvalue weighted by molar-refractivity contribution is 0.0663. The van der Waals surface area contributed by atoms with Crippen LogP contribution in [0.4, 0.5) is 105 Å². The number of hydrogen-bond acceptors (Lipinski definition) is 38. The Morgan fingerprint density at radius 2 is 0.727 bits per heavy atom. The summed E-state index contributed by atoms with van der Waals surface area (Å²) in [5.74, 6) is 6.24. The van der Waals surface area contributed by atoms with Crippen LogP contribution in [0.5, 0.6) is 0 Å². The molecule has 0 atom stereocenters. The van der Waals surface area contributed by atoms with Crippen LogP contribution in [-0.4, -0.2) is 357 Å². The predicted molar refractivity (Wildman–Crippen MR) is 509 cm³/mol. The van der Waals surface area contributed by atoms with Crippen LogP contribution < -0.4 is 78.9 Å². The first-order valence-electron chi connectivity index (χ1n) is 44.5. The number of nitrogens with one attached hydrogen (secondary N) is 5. The number of piperazine rings is 3. The van der Waals surface area contributed by atoms with Gasteiger partial charge in [0.2, 0.25) is 47.6 Å². The molecule has 0 bridgehead atoms. The lowest BCUT2D eigenvalue weighted by atomic mass is 10.2. The molecule has 0 spiro atoms. The van der Waals surface area contributed by atoms with Crippen molar-refractivity contribution in [3.63, 3.8) is 0 Å². The zero-order valence-corrected chi connectivity index (χ0v) is 75.2. The van der Waals surface area contributed by atoms with E-state index in [1.54, 1.807) is 47.8 Å². The second-order valence-electron chi connectivity index (χ2n) is 32.6. The van der Waals surface area contributed by atoms with Gasteiger partial charge >= 0.3 is 0 Å². The zero-order valence-electron chi connectivity index (χ0n) is 75.2. The van der Waals surface area contributed by atoms with E-state index < -0.39 is 0 Å². The largest absolute Gasteiger partial charge is 0.378 e. The molecule has 132 heavy (non-hydrogen) atoms. The van der Waals surface area contributed by atoms with Crippen LogP contribution in [0.25, 0.3) is 23.3 Å². The quantitative estimate of drug-likeness (QED) is 0.0397. The summed E-state index contributed by atoms with van der Waals surface area (Å²) in [6.45, 7) is 28.8. The molecule has 0 saturated carbocycles. The fourth-order valence-electron chi connectivity index (χ4n) is 15.6. The van der Waals surface area contributed by atoms with E-state index in [0.717, 1.165) is 243 Å². The number of carbonyl (C=O) groups is 2. The number of pyridine rings is 2. The van der Waals surface area contributed by atoms with E-state index in [9.17, 15) is 9.59 Å². The average molecular weight is 1800 g/mol. The van der Waals surface area contributed by atoms with Gasteiger partial charge in [-0.2, -0.15) is 38.7 Å². The van der Waals surface area contributed by atoms with Gasteiger partial charge in [-0.3, -0.25) is 9.59 Å². The minimum atomic E-state index is -0.176. The third kappa shape index (κ3) is 24.0. The number of morpholine rings is 4. The summed E-state index contributed by atoms with van der Waals surface area (Å²) < 4.78 is 27.7. The maximum atomic E-state index is 12.7. The second-order valence-corrected chi connectivity index (χ2v) is 32.6. The normalized spacial score (nSPS) is 16.5. The molecule has 7 fully saturated rings. The van der Waals surface area contributed by atoms with Crippen LogP contribution in [0.1, 0.15) is 27.6 Å². The number of aromatic nitrogens is 18. The first-order valence-corrected chi connectivity index (χ1v) is 44.5. The van der Waals surface area contributed by atoms with Gasteiger partial charge in [0, 0.05) is 214 Å². The Morgan fingerprint density at radius 1 is 0.371 bits per heavy atom. The molecule has 8 aromatic heterocycles. The Balaban J connectivity index is 0.000000128. The van der Waals surface area contributed by atoms with Crippen molar-refractivity contribution in [3.8, 4) is 23.3 Å².